The van der Waals surface area contributed by atoms with Gasteiger partial charge in [-0.2, -0.15) is 43.1 Å². The Labute approximate surface area is 230 Å². The van der Waals surface area contributed by atoms with Crippen molar-refractivity contribution in [3.63, 3.8) is 0 Å². The van der Waals surface area contributed by atoms with Gasteiger partial charge in [0.1, 0.15) is 0 Å². The van der Waals surface area contributed by atoms with Gasteiger partial charge in [0.25, 0.3) is 0 Å². The van der Waals surface area contributed by atoms with E-state index in [0.717, 1.165) is 39.2 Å². The van der Waals surface area contributed by atoms with Gasteiger partial charge in [0, 0.05) is 28.4 Å². The number of fused-ring (bicyclic) bond motifs is 4. The van der Waals surface area contributed by atoms with E-state index < -0.39 is 0 Å². The fourth-order valence-electron chi connectivity index (χ4n) is 4.92. The van der Waals surface area contributed by atoms with Crippen LogP contribution in [0.2, 0.25) is 0 Å². The molecular weight excluding hydrogens is 637 g/mol. The molecule has 0 atom stereocenters. The van der Waals surface area contributed by atoms with Gasteiger partial charge >= 0.3 is 21.1 Å². The molecule has 0 radical (unpaired) electrons. The standard InChI is InChI=1S/C32H21N3O.Pt/c1-33-22-34(31-17-8-7-16-30(31)33)24-12-9-13-25(20-24)36-26-18-19-28-27-14-5-6-15-29(27)35(32(28)21-26)23-10-3-2-4-11-23;/h2-10,12-19,22H,1H3;/q-4;+4. The number of para-hydroxylation sites is 4. The van der Waals surface area contributed by atoms with Crippen LogP contribution in [0.5, 0.6) is 11.5 Å². The van der Waals surface area contributed by atoms with Crippen molar-refractivity contribution < 1.29 is 25.8 Å². The number of aromatic nitrogens is 1. The van der Waals surface area contributed by atoms with Crippen molar-refractivity contribution in [1.82, 2.24) is 4.57 Å². The average Bonchev–Trinajstić information content (AvgIpc) is 3.44. The predicted molar refractivity (Wildman–Crippen MR) is 145 cm³/mol. The number of benzene rings is 5. The van der Waals surface area contributed by atoms with Crippen LogP contribution in [0.1, 0.15) is 0 Å². The minimum Gasteiger partial charge on any atom is -0.509 e. The molecule has 1 aliphatic rings. The van der Waals surface area contributed by atoms with Crippen molar-refractivity contribution in [2.75, 3.05) is 16.8 Å². The number of anilines is 3. The summed E-state index contributed by atoms with van der Waals surface area (Å²) in [5.41, 5.74) is 6.22. The molecule has 5 aromatic carbocycles. The zero-order chi connectivity index (χ0) is 24.1. The van der Waals surface area contributed by atoms with Crippen LogP contribution in [0, 0.1) is 24.9 Å². The Kier molecular flexibility index (Phi) is 5.98. The second kappa shape index (κ2) is 9.46. The topological polar surface area (TPSA) is 20.6 Å². The van der Waals surface area contributed by atoms with E-state index in [4.69, 9.17) is 4.74 Å². The number of hydrogen-bond donors (Lipinski definition) is 0. The molecule has 0 amide bonds. The van der Waals surface area contributed by atoms with Gasteiger partial charge in [-0.05, 0) is 30.6 Å². The molecule has 5 heteroatoms. The van der Waals surface area contributed by atoms with Gasteiger partial charge < -0.3 is 19.1 Å². The van der Waals surface area contributed by atoms with Crippen LogP contribution >= 0.6 is 0 Å². The molecule has 6 aromatic rings. The number of ether oxygens (including phenoxy) is 1. The van der Waals surface area contributed by atoms with Crippen molar-refractivity contribution >= 4 is 38.9 Å². The summed E-state index contributed by atoms with van der Waals surface area (Å²) in [6.07, 6.45) is 0. The summed E-state index contributed by atoms with van der Waals surface area (Å²) in [7, 11) is 2.05. The van der Waals surface area contributed by atoms with Gasteiger partial charge in [-0.25, -0.2) is 0 Å². The Bertz CT molecular complexity index is 1730. The maximum atomic E-state index is 6.30. The first-order valence-electron chi connectivity index (χ1n) is 11.9. The van der Waals surface area contributed by atoms with E-state index in [2.05, 4.69) is 87.8 Å². The molecule has 180 valence electrons. The zero-order valence-corrected chi connectivity index (χ0v) is 22.2. The normalized spacial score (nSPS) is 12.6. The van der Waals surface area contributed by atoms with Crippen molar-refractivity contribution in [3.8, 4) is 17.2 Å². The number of nitrogens with zero attached hydrogens (tertiary/aromatic N) is 3. The third-order valence-corrected chi connectivity index (χ3v) is 6.53. The summed E-state index contributed by atoms with van der Waals surface area (Å²) in [5, 5.41) is 2.30. The van der Waals surface area contributed by atoms with Crippen molar-refractivity contribution in [2.24, 2.45) is 0 Å². The summed E-state index contributed by atoms with van der Waals surface area (Å²) in [6.45, 7) is 2.06. The first-order chi connectivity index (χ1) is 17.8. The first-order valence-corrected chi connectivity index (χ1v) is 11.9. The first kappa shape index (κ1) is 23.4. The zero-order valence-electron chi connectivity index (χ0n) is 20.0. The molecule has 0 saturated heterocycles. The van der Waals surface area contributed by atoms with Crippen molar-refractivity contribution in [1.29, 1.82) is 0 Å². The van der Waals surface area contributed by atoms with E-state index in [-0.39, 0.29) is 21.1 Å². The van der Waals surface area contributed by atoms with E-state index in [0.29, 0.717) is 11.5 Å². The Morgan fingerprint density at radius 3 is 2.30 bits per heavy atom. The summed E-state index contributed by atoms with van der Waals surface area (Å²) >= 11 is 0. The summed E-state index contributed by atoms with van der Waals surface area (Å²) < 4.78 is 8.48. The molecule has 0 fully saturated rings. The maximum absolute atomic E-state index is 6.30. The second-order valence-electron chi connectivity index (χ2n) is 8.77. The summed E-state index contributed by atoms with van der Waals surface area (Å²) in [4.78, 5) is 4.23. The molecule has 4 nitrogen and oxygen atoms in total. The molecule has 0 spiro atoms. The van der Waals surface area contributed by atoms with Gasteiger partial charge in [-0.3, -0.25) is 0 Å². The molecule has 2 heterocycles. The van der Waals surface area contributed by atoms with Gasteiger partial charge in [-0.1, -0.05) is 41.5 Å². The Balaban J connectivity index is 0.00000252. The largest absolute Gasteiger partial charge is 4.00 e. The third kappa shape index (κ3) is 3.98. The Morgan fingerprint density at radius 1 is 0.676 bits per heavy atom. The molecular formula is C32H21N3OPt. The van der Waals surface area contributed by atoms with Gasteiger partial charge in [-0.15, -0.1) is 47.5 Å². The summed E-state index contributed by atoms with van der Waals surface area (Å²) in [5.74, 6) is 1.27. The van der Waals surface area contributed by atoms with Crippen LogP contribution in [0.15, 0.2) is 103 Å². The molecule has 1 aliphatic heterocycles. The molecule has 0 bridgehead atoms. The van der Waals surface area contributed by atoms with Gasteiger partial charge in [0.15, 0.2) is 0 Å². The van der Waals surface area contributed by atoms with E-state index >= 15 is 0 Å². The minimum absolute atomic E-state index is 0. The van der Waals surface area contributed by atoms with Crippen LogP contribution in [-0.2, 0) is 21.1 Å². The molecule has 0 saturated carbocycles. The molecule has 0 aliphatic carbocycles. The number of rotatable bonds is 4. The van der Waals surface area contributed by atoms with Crippen LogP contribution in [0.4, 0.5) is 17.1 Å². The SMILES string of the molecule is CN1[CH-]N(c2[c-]c(Oc3[c-]c4c(cc3)c3ccccc3n4-c3[c-]cccc3)ccc2)c2ccccc21.[Pt+4]. The van der Waals surface area contributed by atoms with E-state index in [9.17, 15) is 0 Å². The van der Waals surface area contributed by atoms with E-state index in [1.165, 1.54) is 5.39 Å². The van der Waals surface area contributed by atoms with Crippen LogP contribution in [0.25, 0.3) is 27.5 Å². The second-order valence-corrected chi connectivity index (χ2v) is 8.77. The molecule has 0 N–H and O–H groups in total. The predicted octanol–water partition coefficient (Wildman–Crippen LogP) is 7.68. The molecule has 37 heavy (non-hydrogen) atoms. The monoisotopic (exact) mass is 658 g/mol. The van der Waals surface area contributed by atoms with E-state index in [1.54, 1.807) is 0 Å². The molecule has 0 unspecified atom stereocenters. The van der Waals surface area contributed by atoms with Crippen LogP contribution in [0.3, 0.4) is 0 Å². The summed E-state index contributed by atoms with van der Waals surface area (Å²) in [6, 6.07) is 45.0. The van der Waals surface area contributed by atoms with Crippen molar-refractivity contribution in [2.45, 2.75) is 0 Å². The smallest absolute Gasteiger partial charge is 0.509 e. The molecule has 1 aromatic heterocycles. The Hall–Kier alpha value is -4.01. The number of hydrogen-bond acceptors (Lipinski definition) is 3. The van der Waals surface area contributed by atoms with Gasteiger partial charge in [0.05, 0.1) is 0 Å². The minimum atomic E-state index is 0. The van der Waals surface area contributed by atoms with Crippen molar-refractivity contribution in [3.05, 3.63) is 128 Å². The fourth-order valence-corrected chi connectivity index (χ4v) is 4.92. The van der Waals surface area contributed by atoms with Crippen LogP contribution in [-0.4, -0.2) is 11.6 Å². The van der Waals surface area contributed by atoms with E-state index in [1.807, 2.05) is 61.6 Å². The van der Waals surface area contributed by atoms with Gasteiger partial charge in [0.2, 0.25) is 0 Å². The quantitative estimate of drug-likeness (QED) is 0.181. The average molecular weight is 659 g/mol. The van der Waals surface area contributed by atoms with Crippen LogP contribution < -0.4 is 14.5 Å². The fraction of sp³-hybridized carbons (Fsp3) is 0.0312. The molecule has 7 rings (SSSR count). The Morgan fingerprint density at radius 2 is 1.43 bits per heavy atom. The third-order valence-electron chi connectivity index (χ3n) is 6.53. The maximum Gasteiger partial charge on any atom is 4.00 e.